The van der Waals surface area contributed by atoms with Gasteiger partial charge in [-0.15, -0.1) is 0 Å². The average Bonchev–Trinajstić information content (AvgIpc) is 3.10. The maximum atomic E-state index is 5.27. The molecule has 1 N–H and O–H groups in total. The first kappa shape index (κ1) is 17.2. The van der Waals surface area contributed by atoms with Crippen LogP contribution in [0.2, 0.25) is 0 Å². The summed E-state index contributed by atoms with van der Waals surface area (Å²) >= 11 is 0. The Balaban J connectivity index is 1.94. The van der Waals surface area contributed by atoms with Crippen LogP contribution in [0, 0.1) is 0 Å². The lowest BCUT2D eigenvalue weighted by Gasteiger charge is -2.14. The summed E-state index contributed by atoms with van der Waals surface area (Å²) in [7, 11) is 1.70. The highest BCUT2D eigenvalue weighted by molar-refractivity contribution is 6.02. The summed E-state index contributed by atoms with van der Waals surface area (Å²) in [5.74, 6) is 0.818. The fourth-order valence-electron chi connectivity index (χ4n) is 3.32. The molecule has 27 heavy (non-hydrogen) atoms. The van der Waals surface area contributed by atoms with Crippen molar-refractivity contribution in [3.8, 4) is 16.8 Å². The molecule has 0 bridgehead atoms. The standard InChI is InChI=1S/C22H22N4O/c1-16(14-27-2)25-21-20-19(17-9-5-3-6-10-17)13-26(22(20)24-15-23-21)18-11-7-4-8-12-18/h3-13,15-16H,14H2,1-2H3,(H,23,24,25). The van der Waals surface area contributed by atoms with E-state index in [1.165, 1.54) is 0 Å². The van der Waals surface area contributed by atoms with E-state index in [1.807, 2.05) is 36.4 Å². The molecule has 1 atom stereocenters. The number of nitrogens with one attached hydrogen (secondary N) is 1. The topological polar surface area (TPSA) is 52.0 Å². The summed E-state index contributed by atoms with van der Waals surface area (Å²) < 4.78 is 7.38. The van der Waals surface area contributed by atoms with Gasteiger partial charge in [0.1, 0.15) is 12.1 Å². The third-order valence-corrected chi connectivity index (χ3v) is 4.50. The van der Waals surface area contributed by atoms with Crippen LogP contribution in [-0.2, 0) is 4.74 Å². The van der Waals surface area contributed by atoms with Gasteiger partial charge in [0.05, 0.1) is 12.0 Å². The Morgan fingerprint density at radius 2 is 1.70 bits per heavy atom. The van der Waals surface area contributed by atoms with Gasteiger partial charge in [-0.2, -0.15) is 0 Å². The van der Waals surface area contributed by atoms with Crippen molar-refractivity contribution in [2.75, 3.05) is 19.0 Å². The number of rotatable bonds is 6. The number of para-hydroxylation sites is 1. The van der Waals surface area contributed by atoms with E-state index in [2.05, 4.69) is 57.2 Å². The van der Waals surface area contributed by atoms with E-state index in [0.717, 1.165) is 33.7 Å². The second kappa shape index (κ2) is 7.60. The first-order valence-corrected chi connectivity index (χ1v) is 9.00. The van der Waals surface area contributed by atoms with E-state index in [4.69, 9.17) is 4.74 Å². The molecular weight excluding hydrogens is 336 g/mol. The Labute approximate surface area is 158 Å². The molecule has 5 nitrogen and oxygen atoms in total. The summed E-state index contributed by atoms with van der Waals surface area (Å²) in [6, 6.07) is 20.7. The fourth-order valence-corrected chi connectivity index (χ4v) is 3.32. The van der Waals surface area contributed by atoms with E-state index in [9.17, 15) is 0 Å². The van der Waals surface area contributed by atoms with Crippen LogP contribution in [0.4, 0.5) is 5.82 Å². The summed E-state index contributed by atoms with van der Waals surface area (Å²) in [6.07, 6.45) is 3.74. The predicted octanol–water partition coefficient (Wildman–Crippen LogP) is 4.53. The minimum Gasteiger partial charge on any atom is -0.383 e. The molecule has 2 aromatic carbocycles. The fraction of sp³-hybridized carbons (Fsp3) is 0.182. The highest BCUT2D eigenvalue weighted by Crippen LogP contribution is 2.35. The van der Waals surface area contributed by atoms with Gasteiger partial charge in [0.2, 0.25) is 0 Å². The Kier molecular flexibility index (Phi) is 4.85. The van der Waals surface area contributed by atoms with Crippen LogP contribution in [0.5, 0.6) is 0 Å². The second-order valence-electron chi connectivity index (χ2n) is 6.54. The Hall–Kier alpha value is -3.18. The van der Waals surface area contributed by atoms with Gasteiger partial charge >= 0.3 is 0 Å². The van der Waals surface area contributed by atoms with Crippen LogP contribution < -0.4 is 5.32 Å². The van der Waals surface area contributed by atoms with E-state index < -0.39 is 0 Å². The van der Waals surface area contributed by atoms with Crippen molar-refractivity contribution in [1.82, 2.24) is 14.5 Å². The summed E-state index contributed by atoms with van der Waals surface area (Å²) in [5.41, 5.74) is 4.18. The minimum atomic E-state index is 0.136. The van der Waals surface area contributed by atoms with Gasteiger partial charge in [-0.25, -0.2) is 9.97 Å². The lowest BCUT2D eigenvalue weighted by Crippen LogP contribution is -2.21. The molecule has 136 valence electrons. The number of hydrogen-bond donors (Lipinski definition) is 1. The lowest BCUT2D eigenvalue weighted by molar-refractivity contribution is 0.190. The maximum Gasteiger partial charge on any atom is 0.150 e. The van der Waals surface area contributed by atoms with Gasteiger partial charge in [-0.05, 0) is 24.6 Å². The molecule has 0 fully saturated rings. The van der Waals surface area contributed by atoms with E-state index in [0.29, 0.717) is 6.61 Å². The Bertz CT molecular complexity index is 1030. The molecule has 5 heteroatoms. The number of nitrogens with zero attached hydrogens (tertiary/aromatic N) is 3. The Morgan fingerprint density at radius 3 is 2.41 bits per heavy atom. The first-order chi connectivity index (χ1) is 13.3. The van der Waals surface area contributed by atoms with E-state index in [1.54, 1.807) is 13.4 Å². The smallest absolute Gasteiger partial charge is 0.150 e. The van der Waals surface area contributed by atoms with Gasteiger partial charge in [0.15, 0.2) is 5.65 Å². The van der Waals surface area contributed by atoms with Crippen LogP contribution in [0.1, 0.15) is 6.92 Å². The third kappa shape index (κ3) is 3.41. The average molecular weight is 358 g/mol. The molecule has 2 aromatic heterocycles. The number of fused-ring (bicyclic) bond motifs is 1. The molecule has 0 saturated heterocycles. The van der Waals surface area contributed by atoms with Crippen LogP contribution in [0.15, 0.2) is 73.2 Å². The van der Waals surface area contributed by atoms with Gasteiger partial charge < -0.3 is 14.6 Å². The zero-order valence-corrected chi connectivity index (χ0v) is 15.5. The second-order valence-corrected chi connectivity index (χ2v) is 6.54. The summed E-state index contributed by atoms with van der Waals surface area (Å²) in [4.78, 5) is 9.13. The van der Waals surface area contributed by atoms with Crippen molar-refractivity contribution in [2.24, 2.45) is 0 Å². The van der Waals surface area contributed by atoms with Crippen molar-refractivity contribution < 1.29 is 4.74 Å². The molecule has 1 unspecified atom stereocenters. The number of aromatic nitrogens is 3. The van der Waals surface area contributed by atoms with Crippen molar-refractivity contribution in [2.45, 2.75) is 13.0 Å². The molecule has 0 saturated carbocycles. The number of anilines is 1. The monoisotopic (exact) mass is 358 g/mol. The van der Waals surface area contributed by atoms with Crippen molar-refractivity contribution in [1.29, 1.82) is 0 Å². The van der Waals surface area contributed by atoms with Crippen molar-refractivity contribution in [3.05, 3.63) is 73.2 Å². The Morgan fingerprint density at radius 1 is 1.00 bits per heavy atom. The molecule has 0 amide bonds. The highest BCUT2D eigenvalue weighted by Gasteiger charge is 2.18. The lowest BCUT2D eigenvalue weighted by atomic mass is 10.1. The molecule has 0 aliphatic rings. The molecule has 4 aromatic rings. The minimum absolute atomic E-state index is 0.136. The van der Waals surface area contributed by atoms with Crippen LogP contribution >= 0.6 is 0 Å². The van der Waals surface area contributed by atoms with Crippen molar-refractivity contribution >= 4 is 16.9 Å². The third-order valence-electron chi connectivity index (χ3n) is 4.50. The molecule has 0 radical (unpaired) electrons. The van der Waals surface area contributed by atoms with Crippen LogP contribution in [0.3, 0.4) is 0 Å². The molecule has 2 heterocycles. The first-order valence-electron chi connectivity index (χ1n) is 9.00. The van der Waals surface area contributed by atoms with Gasteiger partial charge in [-0.3, -0.25) is 0 Å². The van der Waals surface area contributed by atoms with Gasteiger partial charge in [0.25, 0.3) is 0 Å². The van der Waals surface area contributed by atoms with E-state index >= 15 is 0 Å². The largest absolute Gasteiger partial charge is 0.383 e. The molecule has 0 aliphatic carbocycles. The van der Waals surface area contributed by atoms with Crippen LogP contribution in [-0.4, -0.2) is 34.3 Å². The maximum absolute atomic E-state index is 5.27. The van der Waals surface area contributed by atoms with Gasteiger partial charge in [-0.1, -0.05) is 48.5 Å². The SMILES string of the molecule is COCC(C)Nc1ncnc2c1c(-c1ccccc1)cn2-c1ccccc1. The normalized spacial score (nSPS) is 12.2. The van der Waals surface area contributed by atoms with Crippen molar-refractivity contribution in [3.63, 3.8) is 0 Å². The quantitative estimate of drug-likeness (QED) is 0.550. The molecule has 4 rings (SSSR count). The predicted molar refractivity (Wildman–Crippen MR) is 109 cm³/mol. The number of benzene rings is 2. The molecule has 0 spiro atoms. The summed E-state index contributed by atoms with van der Waals surface area (Å²) in [6.45, 7) is 2.68. The molecule has 0 aliphatic heterocycles. The molecular formula is C22H22N4O. The zero-order chi connectivity index (χ0) is 18.6. The highest BCUT2D eigenvalue weighted by atomic mass is 16.5. The number of methoxy groups -OCH3 is 1. The van der Waals surface area contributed by atoms with Crippen LogP contribution in [0.25, 0.3) is 27.8 Å². The number of hydrogen-bond acceptors (Lipinski definition) is 4. The summed E-state index contributed by atoms with van der Waals surface area (Å²) in [5, 5.41) is 4.48. The van der Waals surface area contributed by atoms with Gasteiger partial charge in [0, 0.05) is 30.6 Å². The zero-order valence-electron chi connectivity index (χ0n) is 15.5. The van der Waals surface area contributed by atoms with E-state index in [-0.39, 0.29) is 6.04 Å². The number of ether oxygens (including phenoxy) is 1.